The topological polar surface area (TPSA) is 15.3 Å². The molecule has 0 spiro atoms. The van der Waals surface area contributed by atoms with Crippen LogP contribution >= 0.6 is 11.6 Å². The molecule has 1 fully saturated rings. The SMILES string of the molecule is CN1CCNc2cc(C3CCCCC3)cc(Cl)c21. The first-order chi connectivity index (χ1) is 8.75. The van der Waals surface area contributed by atoms with Crippen LogP contribution in [0.15, 0.2) is 12.1 Å². The number of likely N-dealkylation sites (N-methyl/N-ethyl adjacent to an activating group) is 1. The smallest absolute Gasteiger partial charge is 0.0789 e. The Morgan fingerprint density at radius 3 is 2.78 bits per heavy atom. The highest BCUT2D eigenvalue weighted by Crippen LogP contribution is 2.41. The minimum absolute atomic E-state index is 0.718. The zero-order valence-corrected chi connectivity index (χ0v) is 11.8. The van der Waals surface area contributed by atoms with Gasteiger partial charge in [0.15, 0.2) is 0 Å². The average Bonchev–Trinajstić information content (AvgIpc) is 2.39. The van der Waals surface area contributed by atoms with Crippen molar-refractivity contribution in [2.75, 3.05) is 30.4 Å². The molecule has 1 heterocycles. The van der Waals surface area contributed by atoms with E-state index in [1.165, 1.54) is 49.0 Å². The fourth-order valence-corrected chi connectivity index (χ4v) is 3.66. The Bertz CT molecular complexity index is 438. The standard InChI is InChI=1S/C15H21ClN2/c1-18-8-7-17-14-10-12(9-13(16)15(14)18)11-5-3-2-4-6-11/h9-11,17H,2-8H2,1H3. The zero-order valence-electron chi connectivity index (χ0n) is 11.0. The maximum atomic E-state index is 6.48. The van der Waals surface area contributed by atoms with Crippen molar-refractivity contribution in [3.63, 3.8) is 0 Å². The van der Waals surface area contributed by atoms with Crippen LogP contribution in [0.3, 0.4) is 0 Å². The number of anilines is 2. The van der Waals surface area contributed by atoms with E-state index < -0.39 is 0 Å². The molecule has 0 atom stereocenters. The van der Waals surface area contributed by atoms with Crippen molar-refractivity contribution in [2.24, 2.45) is 0 Å². The maximum Gasteiger partial charge on any atom is 0.0789 e. The van der Waals surface area contributed by atoms with E-state index in [4.69, 9.17) is 11.6 Å². The summed E-state index contributed by atoms with van der Waals surface area (Å²) >= 11 is 6.48. The highest BCUT2D eigenvalue weighted by Gasteiger charge is 2.21. The molecular formula is C15H21ClN2. The van der Waals surface area contributed by atoms with Gasteiger partial charge in [-0.15, -0.1) is 0 Å². The first-order valence-electron chi connectivity index (χ1n) is 7.04. The van der Waals surface area contributed by atoms with E-state index in [-0.39, 0.29) is 0 Å². The van der Waals surface area contributed by atoms with E-state index >= 15 is 0 Å². The summed E-state index contributed by atoms with van der Waals surface area (Å²) in [5.74, 6) is 0.718. The van der Waals surface area contributed by atoms with Crippen molar-refractivity contribution >= 4 is 23.0 Å². The van der Waals surface area contributed by atoms with Crippen LogP contribution in [-0.2, 0) is 0 Å². The molecule has 1 saturated carbocycles. The summed E-state index contributed by atoms with van der Waals surface area (Å²) in [6.07, 6.45) is 6.78. The molecule has 0 saturated heterocycles. The van der Waals surface area contributed by atoms with E-state index in [1.54, 1.807) is 0 Å². The zero-order chi connectivity index (χ0) is 12.5. The lowest BCUT2D eigenvalue weighted by molar-refractivity contribution is 0.443. The molecule has 0 radical (unpaired) electrons. The van der Waals surface area contributed by atoms with Crippen LogP contribution in [0.4, 0.5) is 11.4 Å². The second-order valence-electron chi connectivity index (χ2n) is 5.58. The Morgan fingerprint density at radius 2 is 2.00 bits per heavy atom. The Balaban J connectivity index is 1.95. The number of nitrogens with one attached hydrogen (secondary N) is 1. The molecule has 1 aromatic carbocycles. The predicted octanol–water partition coefficient (Wildman–Crippen LogP) is 4.25. The summed E-state index contributed by atoms with van der Waals surface area (Å²) in [4.78, 5) is 2.25. The summed E-state index contributed by atoms with van der Waals surface area (Å²) in [5.41, 5.74) is 3.82. The van der Waals surface area contributed by atoms with Gasteiger partial charge in [0.1, 0.15) is 0 Å². The van der Waals surface area contributed by atoms with Crippen LogP contribution in [-0.4, -0.2) is 20.1 Å². The molecule has 1 aliphatic carbocycles. The third-order valence-corrected chi connectivity index (χ3v) is 4.59. The highest BCUT2D eigenvalue weighted by molar-refractivity contribution is 6.34. The van der Waals surface area contributed by atoms with Crippen molar-refractivity contribution in [3.8, 4) is 0 Å². The molecule has 0 bridgehead atoms. The minimum Gasteiger partial charge on any atom is -0.382 e. The second-order valence-corrected chi connectivity index (χ2v) is 5.99. The van der Waals surface area contributed by atoms with E-state index in [9.17, 15) is 0 Å². The molecule has 18 heavy (non-hydrogen) atoms. The van der Waals surface area contributed by atoms with Crippen molar-refractivity contribution in [1.82, 2.24) is 0 Å². The van der Waals surface area contributed by atoms with Gasteiger partial charge in [-0.1, -0.05) is 30.9 Å². The van der Waals surface area contributed by atoms with Crippen molar-refractivity contribution < 1.29 is 0 Å². The van der Waals surface area contributed by atoms with Gasteiger partial charge in [-0.3, -0.25) is 0 Å². The Kier molecular flexibility index (Phi) is 3.38. The molecule has 0 aromatic heterocycles. The molecule has 3 rings (SSSR count). The summed E-state index contributed by atoms with van der Waals surface area (Å²) < 4.78 is 0. The number of hydrogen-bond acceptors (Lipinski definition) is 2. The van der Waals surface area contributed by atoms with Crippen LogP contribution in [0.1, 0.15) is 43.6 Å². The van der Waals surface area contributed by atoms with Gasteiger partial charge in [0.05, 0.1) is 16.4 Å². The van der Waals surface area contributed by atoms with E-state index in [1.807, 2.05) is 0 Å². The first-order valence-corrected chi connectivity index (χ1v) is 7.42. The van der Waals surface area contributed by atoms with Crippen LogP contribution < -0.4 is 10.2 Å². The largest absolute Gasteiger partial charge is 0.382 e. The second kappa shape index (κ2) is 5.00. The average molecular weight is 265 g/mol. The van der Waals surface area contributed by atoms with Crippen LogP contribution in [0.2, 0.25) is 5.02 Å². The van der Waals surface area contributed by atoms with E-state index in [0.717, 1.165) is 24.0 Å². The third-order valence-electron chi connectivity index (χ3n) is 4.31. The van der Waals surface area contributed by atoms with Gasteiger partial charge in [0, 0.05) is 20.1 Å². The molecule has 2 aliphatic rings. The molecule has 3 heteroatoms. The van der Waals surface area contributed by atoms with Gasteiger partial charge >= 0.3 is 0 Å². The fourth-order valence-electron chi connectivity index (χ4n) is 3.28. The van der Waals surface area contributed by atoms with Gasteiger partial charge in [-0.05, 0) is 36.5 Å². The quantitative estimate of drug-likeness (QED) is 0.816. The van der Waals surface area contributed by atoms with Gasteiger partial charge in [-0.25, -0.2) is 0 Å². The maximum absolute atomic E-state index is 6.48. The summed E-state index contributed by atoms with van der Waals surface area (Å²) in [6, 6.07) is 4.52. The summed E-state index contributed by atoms with van der Waals surface area (Å²) in [6.45, 7) is 2.03. The number of rotatable bonds is 1. The summed E-state index contributed by atoms with van der Waals surface area (Å²) in [5, 5.41) is 4.39. The fraction of sp³-hybridized carbons (Fsp3) is 0.600. The third kappa shape index (κ3) is 2.18. The molecule has 2 nitrogen and oxygen atoms in total. The number of hydrogen-bond donors (Lipinski definition) is 1. The normalized spacial score (nSPS) is 20.4. The Labute approximate surface area is 114 Å². The number of nitrogens with zero attached hydrogens (tertiary/aromatic N) is 1. The number of fused-ring (bicyclic) bond motifs is 1. The molecule has 0 unspecified atom stereocenters. The van der Waals surface area contributed by atoms with Crippen molar-refractivity contribution in [3.05, 3.63) is 22.7 Å². The Hall–Kier alpha value is -0.890. The van der Waals surface area contributed by atoms with Crippen LogP contribution in [0.5, 0.6) is 0 Å². The van der Waals surface area contributed by atoms with Crippen LogP contribution in [0, 0.1) is 0 Å². The van der Waals surface area contributed by atoms with Gasteiger partial charge < -0.3 is 10.2 Å². The number of benzene rings is 1. The molecule has 1 N–H and O–H groups in total. The van der Waals surface area contributed by atoms with Crippen LogP contribution in [0.25, 0.3) is 0 Å². The lowest BCUT2D eigenvalue weighted by Crippen LogP contribution is -2.30. The molecule has 1 aliphatic heterocycles. The lowest BCUT2D eigenvalue weighted by Gasteiger charge is -2.31. The van der Waals surface area contributed by atoms with Crippen molar-refractivity contribution in [1.29, 1.82) is 0 Å². The van der Waals surface area contributed by atoms with Gasteiger partial charge in [0.2, 0.25) is 0 Å². The van der Waals surface area contributed by atoms with E-state index in [2.05, 4.69) is 29.4 Å². The molecule has 0 amide bonds. The minimum atomic E-state index is 0.718. The monoisotopic (exact) mass is 264 g/mol. The Morgan fingerprint density at radius 1 is 1.22 bits per heavy atom. The lowest BCUT2D eigenvalue weighted by atomic mass is 9.84. The number of halogens is 1. The molecule has 1 aromatic rings. The molecular weight excluding hydrogens is 244 g/mol. The summed E-state index contributed by atoms with van der Waals surface area (Å²) in [7, 11) is 2.12. The van der Waals surface area contributed by atoms with Gasteiger partial charge in [0.25, 0.3) is 0 Å². The van der Waals surface area contributed by atoms with Crippen molar-refractivity contribution in [2.45, 2.75) is 38.0 Å². The highest BCUT2D eigenvalue weighted by atomic mass is 35.5. The molecule has 98 valence electrons. The predicted molar refractivity (Wildman–Crippen MR) is 79.0 cm³/mol. The first kappa shape index (κ1) is 12.2. The van der Waals surface area contributed by atoms with E-state index in [0.29, 0.717) is 0 Å². The van der Waals surface area contributed by atoms with Gasteiger partial charge in [-0.2, -0.15) is 0 Å².